The summed E-state index contributed by atoms with van der Waals surface area (Å²) in [6, 6.07) is 6.29. The van der Waals surface area contributed by atoms with Crippen LogP contribution in [-0.2, 0) is 0 Å². The Morgan fingerprint density at radius 2 is 2.24 bits per heavy atom. The van der Waals surface area contributed by atoms with Crippen LogP contribution in [0.15, 0.2) is 18.2 Å². The van der Waals surface area contributed by atoms with Crippen LogP contribution in [0.3, 0.4) is 0 Å². The number of carbonyl (C=O) groups is 1. The van der Waals surface area contributed by atoms with E-state index in [-0.39, 0.29) is 5.56 Å². The Hall–Kier alpha value is -1.89. The van der Waals surface area contributed by atoms with Gasteiger partial charge in [-0.25, -0.2) is 4.39 Å². The van der Waals surface area contributed by atoms with Gasteiger partial charge in [0.1, 0.15) is 11.4 Å². The van der Waals surface area contributed by atoms with Crippen molar-refractivity contribution in [2.45, 2.75) is 32.7 Å². The van der Waals surface area contributed by atoms with Gasteiger partial charge in [0, 0.05) is 5.56 Å². The van der Waals surface area contributed by atoms with E-state index in [0.717, 1.165) is 0 Å². The molecule has 1 amide bonds. The smallest absolute Gasteiger partial charge is 0.252 e. The zero-order valence-electron chi connectivity index (χ0n) is 10.2. The van der Waals surface area contributed by atoms with Crippen LogP contribution >= 0.6 is 0 Å². The molecule has 1 N–H and O–H groups in total. The van der Waals surface area contributed by atoms with Crippen LogP contribution in [0.4, 0.5) is 4.39 Å². The summed E-state index contributed by atoms with van der Waals surface area (Å²) in [5.74, 6) is -0.859. The van der Waals surface area contributed by atoms with Crippen LogP contribution in [0, 0.1) is 24.1 Å². The molecule has 0 fully saturated rings. The summed E-state index contributed by atoms with van der Waals surface area (Å²) in [6.45, 7) is 5.07. The van der Waals surface area contributed by atoms with Gasteiger partial charge in [0.15, 0.2) is 0 Å². The molecule has 1 rings (SSSR count). The first-order valence-electron chi connectivity index (χ1n) is 5.42. The molecule has 1 aromatic rings. The van der Waals surface area contributed by atoms with Crippen molar-refractivity contribution >= 4 is 5.91 Å². The zero-order valence-corrected chi connectivity index (χ0v) is 10.2. The number of nitriles is 1. The second-order valence-electron chi connectivity index (χ2n) is 4.22. The third-order valence-corrected chi connectivity index (χ3v) is 2.78. The van der Waals surface area contributed by atoms with Crippen molar-refractivity contribution in [3.8, 4) is 6.07 Å². The van der Waals surface area contributed by atoms with Crippen LogP contribution in [0.1, 0.15) is 36.2 Å². The summed E-state index contributed by atoms with van der Waals surface area (Å²) in [4.78, 5) is 11.8. The maximum absolute atomic E-state index is 13.3. The van der Waals surface area contributed by atoms with Crippen molar-refractivity contribution in [1.82, 2.24) is 5.32 Å². The number of hydrogen-bond acceptors (Lipinski definition) is 2. The number of halogens is 1. The van der Waals surface area contributed by atoms with Gasteiger partial charge in [0.05, 0.1) is 6.07 Å². The molecule has 0 aliphatic heterocycles. The van der Waals surface area contributed by atoms with Gasteiger partial charge in [-0.1, -0.05) is 13.0 Å². The minimum atomic E-state index is -0.918. The summed E-state index contributed by atoms with van der Waals surface area (Å²) in [6.07, 6.45) is 0.490. The predicted molar refractivity (Wildman–Crippen MR) is 62.9 cm³/mol. The second-order valence-corrected chi connectivity index (χ2v) is 4.22. The largest absolute Gasteiger partial charge is 0.334 e. The molecule has 1 atom stereocenters. The second kappa shape index (κ2) is 4.96. The molecule has 1 aromatic carbocycles. The predicted octanol–water partition coefficient (Wildman–Crippen LogP) is 2.56. The van der Waals surface area contributed by atoms with E-state index in [2.05, 4.69) is 5.32 Å². The zero-order chi connectivity index (χ0) is 13.1. The molecular weight excluding hydrogens is 219 g/mol. The summed E-state index contributed by atoms with van der Waals surface area (Å²) >= 11 is 0. The van der Waals surface area contributed by atoms with Crippen molar-refractivity contribution in [3.05, 3.63) is 35.1 Å². The summed E-state index contributed by atoms with van der Waals surface area (Å²) in [5, 5.41) is 11.5. The fourth-order valence-electron chi connectivity index (χ4n) is 1.25. The van der Waals surface area contributed by atoms with Gasteiger partial charge in [-0.05, 0) is 38.0 Å². The van der Waals surface area contributed by atoms with E-state index >= 15 is 0 Å². The van der Waals surface area contributed by atoms with E-state index in [1.54, 1.807) is 32.9 Å². The molecule has 0 saturated heterocycles. The Morgan fingerprint density at radius 3 is 2.71 bits per heavy atom. The number of carbonyl (C=O) groups excluding carboxylic acids is 1. The number of benzene rings is 1. The molecule has 0 aliphatic carbocycles. The Labute approximate surface area is 100 Å². The minimum Gasteiger partial charge on any atom is -0.334 e. The lowest BCUT2D eigenvalue weighted by atomic mass is 10.0. The summed E-state index contributed by atoms with van der Waals surface area (Å²) in [7, 11) is 0. The van der Waals surface area contributed by atoms with Gasteiger partial charge in [-0.3, -0.25) is 4.79 Å². The molecule has 0 aliphatic rings. The topological polar surface area (TPSA) is 52.9 Å². The summed E-state index contributed by atoms with van der Waals surface area (Å²) in [5.41, 5.74) is -0.207. The minimum absolute atomic E-state index is 0.225. The van der Waals surface area contributed by atoms with Crippen LogP contribution in [0.2, 0.25) is 0 Å². The first-order valence-corrected chi connectivity index (χ1v) is 5.42. The summed E-state index contributed by atoms with van der Waals surface area (Å²) < 4.78 is 13.3. The van der Waals surface area contributed by atoms with E-state index in [9.17, 15) is 9.18 Å². The number of nitrogens with zero attached hydrogens (tertiary/aromatic N) is 1. The van der Waals surface area contributed by atoms with E-state index in [0.29, 0.717) is 12.0 Å². The lowest BCUT2D eigenvalue weighted by Gasteiger charge is -2.21. The number of amides is 1. The number of rotatable bonds is 3. The SMILES string of the molecule is CC[C@](C)(C#N)NC(=O)c1ccc(C)c(F)c1. The van der Waals surface area contributed by atoms with Crippen molar-refractivity contribution in [2.75, 3.05) is 0 Å². The van der Waals surface area contributed by atoms with E-state index in [4.69, 9.17) is 5.26 Å². The quantitative estimate of drug-likeness (QED) is 0.873. The molecule has 90 valence electrons. The molecule has 0 radical (unpaired) electrons. The lowest BCUT2D eigenvalue weighted by molar-refractivity contribution is 0.0922. The molecule has 0 heterocycles. The third-order valence-electron chi connectivity index (χ3n) is 2.78. The molecule has 3 nitrogen and oxygen atoms in total. The molecule has 0 unspecified atom stereocenters. The van der Waals surface area contributed by atoms with Crippen molar-refractivity contribution < 1.29 is 9.18 Å². The highest BCUT2D eigenvalue weighted by molar-refractivity contribution is 5.95. The number of aryl methyl sites for hydroxylation is 1. The third kappa shape index (κ3) is 3.04. The molecule has 4 heteroatoms. The van der Waals surface area contributed by atoms with E-state index < -0.39 is 17.3 Å². The normalized spacial score (nSPS) is 13.6. The fraction of sp³-hybridized carbons (Fsp3) is 0.385. The van der Waals surface area contributed by atoms with Gasteiger partial charge in [-0.2, -0.15) is 5.26 Å². The van der Waals surface area contributed by atoms with Crippen LogP contribution in [0.25, 0.3) is 0 Å². The average molecular weight is 234 g/mol. The van der Waals surface area contributed by atoms with Crippen molar-refractivity contribution in [3.63, 3.8) is 0 Å². The van der Waals surface area contributed by atoms with Crippen molar-refractivity contribution in [2.24, 2.45) is 0 Å². The molecule has 17 heavy (non-hydrogen) atoms. The van der Waals surface area contributed by atoms with Gasteiger partial charge < -0.3 is 5.32 Å². The maximum Gasteiger partial charge on any atom is 0.252 e. The van der Waals surface area contributed by atoms with Crippen LogP contribution in [0.5, 0.6) is 0 Å². The highest BCUT2D eigenvalue weighted by Crippen LogP contribution is 2.12. The Morgan fingerprint density at radius 1 is 1.59 bits per heavy atom. The van der Waals surface area contributed by atoms with Gasteiger partial charge in [0.2, 0.25) is 0 Å². The van der Waals surface area contributed by atoms with Gasteiger partial charge >= 0.3 is 0 Å². The van der Waals surface area contributed by atoms with Crippen LogP contribution in [-0.4, -0.2) is 11.4 Å². The Bertz CT molecular complexity index is 479. The fourth-order valence-corrected chi connectivity index (χ4v) is 1.25. The molecule has 0 spiro atoms. The first kappa shape index (κ1) is 13.2. The highest BCUT2D eigenvalue weighted by atomic mass is 19.1. The maximum atomic E-state index is 13.3. The first-order chi connectivity index (χ1) is 7.91. The van der Waals surface area contributed by atoms with E-state index in [1.807, 2.05) is 6.07 Å². The van der Waals surface area contributed by atoms with Gasteiger partial charge in [0.25, 0.3) is 5.91 Å². The molecule has 0 saturated carbocycles. The molecule has 0 aromatic heterocycles. The van der Waals surface area contributed by atoms with E-state index in [1.165, 1.54) is 6.07 Å². The highest BCUT2D eigenvalue weighted by Gasteiger charge is 2.24. The molecule has 0 bridgehead atoms. The monoisotopic (exact) mass is 234 g/mol. The Balaban J connectivity index is 2.91. The number of hydrogen-bond donors (Lipinski definition) is 1. The molecular formula is C13H15FN2O. The number of nitrogens with one attached hydrogen (secondary N) is 1. The average Bonchev–Trinajstić information content (AvgIpc) is 2.32. The van der Waals surface area contributed by atoms with Gasteiger partial charge in [-0.15, -0.1) is 0 Å². The standard InChI is InChI=1S/C13H15FN2O/c1-4-13(3,8-15)16-12(17)10-6-5-9(2)11(14)7-10/h5-7H,4H2,1-3H3,(H,16,17)/t13-/m1/s1. The lowest BCUT2D eigenvalue weighted by Crippen LogP contribution is -2.44. The van der Waals surface area contributed by atoms with Crippen LogP contribution < -0.4 is 5.32 Å². The Kier molecular flexibility index (Phi) is 3.84. The van der Waals surface area contributed by atoms with Crippen molar-refractivity contribution in [1.29, 1.82) is 5.26 Å².